The molecule has 0 spiro atoms. The van der Waals surface area contributed by atoms with Crippen molar-refractivity contribution in [3.05, 3.63) is 191 Å². The fraction of sp³-hybridized carbons (Fsp3) is 0.382. The number of nitrogens with zero attached hydrogens (tertiary/aromatic N) is 8. The lowest BCUT2D eigenvalue weighted by Gasteiger charge is -2.42. The lowest BCUT2D eigenvalue weighted by Crippen LogP contribution is -2.54. The minimum absolute atomic E-state index is 0.0201. The number of aryl methyl sites for hydroxylation is 5. The van der Waals surface area contributed by atoms with Crippen molar-refractivity contribution >= 4 is 55.3 Å². The van der Waals surface area contributed by atoms with Crippen LogP contribution in [-0.4, -0.2) is 98.7 Å². The Morgan fingerprint density at radius 3 is 1.65 bits per heavy atom. The minimum atomic E-state index is -0.776. The number of halogens is 3. The van der Waals surface area contributed by atoms with E-state index in [9.17, 15) is 14.8 Å². The third kappa shape index (κ3) is 10.3. The van der Waals surface area contributed by atoms with Gasteiger partial charge in [0.2, 0.25) is 11.8 Å². The van der Waals surface area contributed by atoms with Crippen LogP contribution in [0.5, 0.6) is 0 Å². The normalized spacial score (nSPS) is 18.6. The molecular weight excluding hydrogens is 1020 g/mol. The predicted molar refractivity (Wildman–Crippen MR) is 277 cm³/mol. The van der Waals surface area contributed by atoms with Crippen LogP contribution in [-0.2, 0) is 46.1 Å². The number of carbonyl (C=O) groups is 2. The Balaban J connectivity index is 0.000000172. The highest BCUT2D eigenvalue weighted by molar-refractivity contribution is 9.10. The summed E-state index contributed by atoms with van der Waals surface area (Å²) in [6, 6.07) is 25.0. The average molecular weight is 1080 g/mol. The van der Waals surface area contributed by atoms with Crippen LogP contribution in [0, 0.1) is 12.1 Å². The summed E-state index contributed by atoms with van der Waals surface area (Å²) in [6.45, 7) is 15.7. The van der Waals surface area contributed by atoms with E-state index in [2.05, 4.69) is 96.0 Å². The van der Waals surface area contributed by atoms with Gasteiger partial charge in [0.25, 0.3) is 0 Å². The molecule has 2 saturated heterocycles. The first-order chi connectivity index (χ1) is 33.1. The van der Waals surface area contributed by atoms with Crippen molar-refractivity contribution in [1.29, 1.82) is 0 Å². The molecule has 4 aromatic heterocycles. The summed E-state index contributed by atoms with van der Waals surface area (Å²) in [4.78, 5) is 49.9. The number of piperazine rings is 2. The van der Waals surface area contributed by atoms with Gasteiger partial charge in [-0.2, -0.15) is 4.73 Å². The highest BCUT2D eigenvalue weighted by atomic mass is 79.9. The zero-order valence-electron chi connectivity index (χ0n) is 40.0. The number of benzene rings is 2. The number of aromatic nitrogens is 4. The van der Waals surface area contributed by atoms with Crippen molar-refractivity contribution in [3.8, 4) is 0 Å². The quantitative estimate of drug-likeness (QED) is 0.120. The van der Waals surface area contributed by atoms with E-state index in [0.29, 0.717) is 26.2 Å². The molecule has 0 saturated carbocycles. The van der Waals surface area contributed by atoms with Gasteiger partial charge in [-0.1, -0.05) is 47.5 Å². The number of rotatable bonds is 6. The van der Waals surface area contributed by atoms with E-state index in [4.69, 9.17) is 21.6 Å². The van der Waals surface area contributed by atoms with Crippen molar-refractivity contribution in [1.82, 2.24) is 34.6 Å². The molecule has 358 valence electrons. The predicted octanol–water partition coefficient (Wildman–Crippen LogP) is 9.30. The molecule has 2 atom stereocenters. The van der Waals surface area contributed by atoms with E-state index in [1.807, 2.05) is 74.2 Å². The van der Waals surface area contributed by atoms with Crippen LogP contribution in [0.15, 0.2) is 119 Å². The lowest BCUT2D eigenvalue weighted by atomic mass is 9.84. The molecule has 0 radical (unpaired) electrons. The van der Waals surface area contributed by atoms with Crippen molar-refractivity contribution < 1.29 is 14.3 Å². The lowest BCUT2D eigenvalue weighted by molar-refractivity contribution is -0.606. The number of fused-ring (bicyclic) bond motifs is 4. The van der Waals surface area contributed by atoms with E-state index in [-0.39, 0.29) is 23.9 Å². The highest BCUT2D eigenvalue weighted by Crippen LogP contribution is 2.40. The highest BCUT2D eigenvalue weighted by Gasteiger charge is 2.40. The standard InChI is InChI=1S/C28H31BrN4O.C27H28BrClN4O2/c1-19-6-9-24-20(15-19)7-8-21-16-23(29)18-31-25(21)26(24)32-11-13-33(14-12-32)27(34)28(2,3)22-5-4-10-30-17-22;1-27(2,20-4-3-9-33(35)17-20)26(34)32-12-10-31(11-13-32)25-23-8-7-22(29)15-18(23)5-6-19-14-21(28)16-30-24(19)25/h4-6,9-10,15-18,26H,7-8,11-14H2,1-3H3;3-4,7-9,14-17,25H,5-6,10-13H2,1-2H3. The maximum absolute atomic E-state index is 13.5. The first kappa shape index (κ1) is 49.0. The molecule has 0 bridgehead atoms. The van der Waals surface area contributed by atoms with Gasteiger partial charge in [-0.3, -0.25) is 34.3 Å². The van der Waals surface area contributed by atoms with E-state index >= 15 is 0 Å². The molecule has 69 heavy (non-hydrogen) atoms. The average Bonchev–Trinajstić information content (AvgIpc) is 3.61. The van der Waals surface area contributed by atoms with Crippen molar-refractivity contribution in [2.45, 2.75) is 83.2 Å². The molecule has 2 unspecified atom stereocenters. The minimum Gasteiger partial charge on any atom is -0.619 e. The molecule has 10 rings (SSSR count). The van der Waals surface area contributed by atoms with Crippen molar-refractivity contribution in [3.63, 3.8) is 0 Å². The van der Waals surface area contributed by atoms with Gasteiger partial charge in [0.1, 0.15) is 0 Å². The Bertz CT molecular complexity index is 2760. The third-order valence-corrected chi connectivity index (χ3v) is 15.8. The molecule has 11 nitrogen and oxygen atoms in total. The largest absolute Gasteiger partial charge is 0.619 e. The number of carbonyl (C=O) groups excluding carboxylic acids is 2. The zero-order chi connectivity index (χ0) is 48.6. The van der Waals surface area contributed by atoms with Gasteiger partial charge < -0.3 is 15.0 Å². The maximum atomic E-state index is 13.5. The Labute approximate surface area is 427 Å². The van der Waals surface area contributed by atoms with Gasteiger partial charge >= 0.3 is 0 Å². The van der Waals surface area contributed by atoms with E-state index in [1.54, 1.807) is 18.5 Å². The van der Waals surface area contributed by atoms with Crippen LogP contribution < -0.4 is 4.73 Å². The van der Waals surface area contributed by atoms with E-state index in [0.717, 1.165) is 93.1 Å². The Morgan fingerprint density at radius 2 is 1.13 bits per heavy atom. The van der Waals surface area contributed by atoms with Crippen molar-refractivity contribution in [2.24, 2.45) is 0 Å². The van der Waals surface area contributed by atoms with Gasteiger partial charge in [0.15, 0.2) is 12.4 Å². The Hall–Kier alpha value is -5.05. The van der Waals surface area contributed by atoms with Gasteiger partial charge in [-0.05, 0) is 168 Å². The molecule has 2 fully saturated rings. The molecule has 2 aromatic carbocycles. The summed E-state index contributed by atoms with van der Waals surface area (Å²) in [7, 11) is 0. The molecule has 2 aliphatic carbocycles. The SMILES string of the molecule is CC(C)(C(=O)N1CCN(C2c3ccc(Cl)cc3CCc3cc(Br)cnc32)CC1)c1ccc[n+]([O-])c1.Cc1ccc2c(c1)CCc1cc(Br)cnc1C2N1CCN(C(=O)C(C)(C)c2cccnc2)CC1. The molecule has 6 aromatic rings. The summed E-state index contributed by atoms with van der Waals surface area (Å²) in [5.41, 5.74) is 11.7. The second-order valence-electron chi connectivity index (χ2n) is 19.8. The monoisotopic (exact) mass is 1070 g/mol. The third-order valence-electron chi connectivity index (χ3n) is 14.7. The number of amides is 2. The van der Waals surface area contributed by atoms with Crippen LogP contribution in [0.4, 0.5) is 0 Å². The number of hydrogen-bond donors (Lipinski definition) is 0. The van der Waals surface area contributed by atoms with Crippen molar-refractivity contribution in [2.75, 3.05) is 52.4 Å². The Morgan fingerprint density at radius 1 is 0.638 bits per heavy atom. The number of hydrogen-bond acceptors (Lipinski definition) is 8. The molecule has 2 amide bonds. The molecule has 14 heteroatoms. The van der Waals surface area contributed by atoms with Crippen LogP contribution in [0.1, 0.15) is 101 Å². The fourth-order valence-corrected chi connectivity index (χ4v) is 11.6. The van der Waals surface area contributed by atoms with Gasteiger partial charge in [-0.25, -0.2) is 0 Å². The smallest absolute Gasteiger partial charge is 0.232 e. The molecule has 2 aliphatic heterocycles. The molecular formula is C55H59Br2ClN8O3. The first-order valence-corrected chi connectivity index (χ1v) is 25.9. The summed E-state index contributed by atoms with van der Waals surface area (Å²) < 4.78 is 2.76. The summed E-state index contributed by atoms with van der Waals surface area (Å²) in [6.07, 6.45) is 14.1. The molecule has 0 N–H and O–H groups in total. The Kier molecular flexibility index (Phi) is 14.4. The summed E-state index contributed by atoms with van der Waals surface area (Å²) in [5.74, 6) is 0.207. The fourth-order valence-electron chi connectivity index (χ4n) is 10.7. The molecule has 4 aliphatic rings. The zero-order valence-corrected chi connectivity index (χ0v) is 43.9. The van der Waals surface area contributed by atoms with Crippen LogP contribution in [0.2, 0.25) is 5.02 Å². The van der Waals surface area contributed by atoms with E-state index < -0.39 is 10.8 Å². The van der Waals surface area contributed by atoms with Gasteiger partial charge in [0, 0.05) is 103 Å². The second kappa shape index (κ2) is 20.4. The molecule has 6 heterocycles. The number of pyridine rings is 4. The first-order valence-electron chi connectivity index (χ1n) is 23.9. The maximum Gasteiger partial charge on any atom is 0.232 e. The van der Waals surface area contributed by atoms with Crippen LogP contribution >= 0.6 is 43.5 Å². The summed E-state index contributed by atoms with van der Waals surface area (Å²) in [5, 5.41) is 12.5. The second-order valence-corrected chi connectivity index (χ2v) is 22.1. The van der Waals surface area contributed by atoms with Gasteiger partial charge in [0.05, 0.1) is 34.3 Å². The van der Waals surface area contributed by atoms with Gasteiger partial charge in [-0.15, -0.1) is 0 Å². The topological polar surface area (TPSA) is 113 Å². The van der Waals surface area contributed by atoms with Crippen LogP contribution in [0.25, 0.3) is 0 Å². The summed E-state index contributed by atoms with van der Waals surface area (Å²) >= 11 is 13.6. The van der Waals surface area contributed by atoms with E-state index in [1.165, 1.54) is 51.3 Å². The van der Waals surface area contributed by atoms with Crippen LogP contribution in [0.3, 0.4) is 0 Å².